The highest BCUT2D eigenvalue weighted by Gasteiger charge is 2.18. The summed E-state index contributed by atoms with van der Waals surface area (Å²) in [6.45, 7) is 0. The number of carbonyl (C=O) groups is 1. The van der Waals surface area contributed by atoms with Gasteiger partial charge in [0.05, 0.1) is 11.9 Å². The zero-order valence-electron chi connectivity index (χ0n) is 10.9. The van der Waals surface area contributed by atoms with Crippen LogP contribution in [0.3, 0.4) is 0 Å². The lowest BCUT2D eigenvalue weighted by Crippen LogP contribution is -2.13. The largest absolute Gasteiger partial charge is 0.355 e. The molecule has 3 rings (SSSR count). The lowest BCUT2D eigenvalue weighted by molar-refractivity contribution is 0.102. The molecule has 3 aromatic rings. The van der Waals surface area contributed by atoms with Crippen molar-refractivity contribution < 1.29 is 13.7 Å². The number of benzene rings is 2. The zero-order valence-corrected chi connectivity index (χ0v) is 10.9. The average molecular weight is 282 g/mol. The molecule has 0 saturated heterocycles. The van der Waals surface area contributed by atoms with Crippen molar-refractivity contribution in [3.05, 3.63) is 72.2 Å². The summed E-state index contributed by atoms with van der Waals surface area (Å²) >= 11 is 0. The van der Waals surface area contributed by atoms with Gasteiger partial charge in [-0.05, 0) is 12.1 Å². The number of carbonyl (C=O) groups excluding carboxylic acids is 1. The van der Waals surface area contributed by atoms with Crippen LogP contribution in [0.4, 0.5) is 10.1 Å². The fraction of sp³-hybridized carbons (Fsp3) is 0. The fourth-order valence-corrected chi connectivity index (χ4v) is 1.95. The Bertz CT molecular complexity index is 769. The van der Waals surface area contributed by atoms with E-state index in [4.69, 9.17) is 4.52 Å². The molecule has 0 saturated carbocycles. The van der Waals surface area contributed by atoms with Crippen LogP contribution in [0, 0.1) is 5.82 Å². The second-order valence-corrected chi connectivity index (χ2v) is 4.37. The van der Waals surface area contributed by atoms with Gasteiger partial charge in [-0.1, -0.05) is 47.6 Å². The second-order valence-electron chi connectivity index (χ2n) is 4.37. The van der Waals surface area contributed by atoms with Crippen LogP contribution in [0.15, 0.2) is 65.3 Å². The normalized spacial score (nSPS) is 10.3. The Labute approximate surface area is 120 Å². The van der Waals surface area contributed by atoms with Crippen molar-refractivity contribution in [2.24, 2.45) is 0 Å². The van der Waals surface area contributed by atoms with Gasteiger partial charge in [0.15, 0.2) is 5.76 Å². The SMILES string of the molecule is O=C(Nc1ccccc1F)c1cnoc1-c1ccccc1. The number of aromatic nitrogens is 1. The second kappa shape index (κ2) is 5.58. The van der Waals surface area contributed by atoms with E-state index >= 15 is 0 Å². The van der Waals surface area contributed by atoms with E-state index in [1.54, 1.807) is 24.3 Å². The lowest BCUT2D eigenvalue weighted by Gasteiger charge is -2.05. The van der Waals surface area contributed by atoms with Crippen molar-refractivity contribution in [1.82, 2.24) is 5.16 Å². The molecule has 0 bridgehead atoms. The number of hydrogen-bond acceptors (Lipinski definition) is 3. The van der Waals surface area contributed by atoms with Gasteiger partial charge in [0, 0.05) is 5.56 Å². The van der Waals surface area contributed by atoms with E-state index in [2.05, 4.69) is 10.5 Å². The van der Waals surface area contributed by atoms with Crippen molar-refractivity contribution >= 4 is 11.6 Å². The number of amides is 1. The predicted molar refractivity (Wildman–Crippen MR) is 76.3 cm³/mol. The standard InChI is InChI=1S/C16H11FN2O2/c17-13-8-4-5-9-14(13)19-16(20)12-10-18-21-15(12)11-6-2-1-3-7-11/h1-10H,(H,19,20). The van der Waals surface area contributed by atoms with Gasteiger partial charge in [0.25, 0.3) is 5.91 Å². The summed E-state index contributed by atoms with van der Waals surface area (Å²) in [4.78, 5) is 12.2. The Morgan fingerprint density at radius 3 is 2.52 bits per heavy atom. The van der Waals surface area contributed by atoms with Crippen LogP contribution in [0.1, 0.15) is 10.4 Å². The Balaban J connectivity index is 1.90. The van der Waals surface area contributed by atoms with Crippen molar-refractivity contribution in [1.29, 1.82) is 0 Å². The van der Waals surface area contributed by atoms with Crippen LogP contribution in [0.2, 0.25) is 0 Å². The number of anilines is 1. The molecule has 5 heteroatoms. The summed E-state index contributed by atoms with van der Waals surface area (Å²) in [7, 11) is 0. The number of nitrogens with one attached hydrogen (secondary N) is 1. The van der Waals surface area contributed by atoms with Crippen LogP contribution in [-0.2, 0) is 0 Å². The minimum absolute atomic E-state index is 0.114. The molecule has 21 heavy (non-hydrogen) atoms. The molecule has 0 aliphatic rings. The van der Waals surface area contributed by atoms with Crippen molar-refractivity contribution in [2.75, 3.05) is 5.32 Å². The zero-order chi connectivity index (χ0) is 14.7. The molecule has 0 aliphatic heterocycles. The molecule has 1 heterocycles. The summed E-state index contributed by atoms with van der Waals surface area (Å²) in [5, 5.41) is 6.16. The molecule has 4 nitrogen and oxygen atoms in total. The van der Waals surface area contributed by atoms with Crippen molar-refractivity contribution in [2.45, 2.75) is 0 Å². The van der Waals surface area contributed by atoms with E-state index in [0.29, 0.717) is 5.76 Å². The third kappa shape index (κ3) is 2.67. The first-order valence-corrected chi connectivity index (χ1v) is 6.31. The summed E-state index contributed by atoms with van der Waals surface area (Å²) in [6.07, 6.45) is 1.32. The minimum Gasteiger partial charge on any atom is -0.355 e. The first-order chi connectivity index (χ1) is 10.3. The van der Waals surface area contributed by atoms with E-state index in [1.165, 1.54) is 18.3 Å². The van der Waals surface area contributed by atoms with Gasteiger partial charge in [-0.25, -0.2) is 4.39 Å². The number of hydrogen-bond donors (Lipinski definition) is 1. The molecule has 1 aromatic heterocycles. The molecule has 0 fully saturated rings. The maximum Gasteiger partial charge on any atom is 0.261 e. The number of halogens is 1. The monoisotopic (exact) mass is 282 g/mol. The molecule has 0 unspecified atom stereocenters. The lowest BCUT2D eigenvalue weighted by atomic mass is 10.1. The summed E-state index contributed by atoms with van der Waals surface area (Å²) in [5.41, 5.74) is 1.10. The van der Waals surface area contributed by atoms with E-state index < -0.39 is 11.7 Å². The first-order valence-electron chi connectivity index (χ1n) is 6.31. The topological polar surface area (TPSA) is 55.1 Å². The van der Waals surface area contributed by atoms with Crippen molar-refractivity contribution in [3.8, 4) is 11.3 Å². The quantitative estimate of drug-likeness (QED) is 0.796. The van der Waals surface area contributed by atoms with Gasteiger partial charge in [0.2, 0.25) is 0 Å². The number of para-hydroxylation sites is 1. The third-order valence-corrected chi connectivity index (χ3v) is 2.97. The highest BCUT2D eigenvalue weighted by atomic mass is 19.1. The first kappa shape index (κ1) is 13.1. The number of rotatable bonds is 3. The van der Waals surface area contributed by atoms with Crippen LogP contribution in [-0.4, -0.2) is 11.1 Å². The predicted octanol–water partition coefficient (Wildman–Crippen LogP) is 3.73. The van der Waals surface area contributed by atoms with E-state index in [1.807, 2.05) is 18.2 Å². The summed E-state index contributed by atoms with van der Waals surface area (Å²) < 4.78 is 18.7. The summed E-state index contributed by atoms with van der Waals surface area (Å²) in [5.74, 6) is -0.617. The molecule has 1 amide bonds. The minimum atomic E-state index is -0.497. The smallest absolute Gasteiger partial charge is 0.261 e. The fourth-order valence-electron chi connectivity index (χ4n) is 1.95. The van der Waals surface area contributed by atoms with Crippen LogP contribution in [0.25, 0.3) is 11.3 Å². The van der Waals surface area contributed by atoms with Gasteiger partial charge in [-0.3, -0.25) is 4.79 Å². The molecule has 2 aromatic carbocycles. The van der Waals surface area contributed by atoms with E-state index in [0.717, 1.165) is 5.56 Å². The molecule has 0 radical (unpaired) electrons. The van der Waals surface area contributed by atoms with Gasteiger partial charge < -0.3 is 9.84 Å². The van der Waals surface area contributed by atoms with Gasteiger partial charge in [0.1, 0.15) is 11.4 Å². The molecule has 1 N–H and O–H groups in total. The highest BCUT2D eigenvalue weighted by Crippen LogP contribution is 2.24. The number of nitrogens with zero attached hydrogens (tertiary/aromatic N) is 1. The molecule has 104 valence electrons. The average Bonchev–Trinajstić information content (AvgIpc) is 3.00. The van der Waals surface area contributed by atoms with E-state index in [-0.39, 0.29) is 11.3 Å². The Hall–Kier alpha value is -2.95. The van der Waals surface area contributed by atoms with Crippen LogP contribution >= 0.6 is 0 Å². The Morgan fingerprint density at radius 1 is 1.05 bits per heavy atom. The molecular formula is C16H11FN2O2. The molecule has 0 atom stereocenters. The van der Waals surface area contributed by atoms with E-state index in [9.17, 15) is 9.18 Å². The van der Waals surface area contributed by atoms with Crippen LogP contribution in [0.5, 0.6) is 0 Å². The molecular weight excluding hydrogens is 271 g/mol. The Morgan fingerprint density at radius 2 is 1.76 bits per heavy atom. The maximum absolute atomic E-state index is 13.6. The maximum atomic E-state index is 13.6. The molecule has 0 aliphatic carbocycles. The van der Waals surface area contributed by atoms with Gasteiger partial charge >= 0.3 is 0 Å². The highest BCUT2D eigenvalue weighted by molar-refractivity contribution is 6.07. The Kier molecular flexibility index (Phi) is 3.47. The van der Waals surface area contributed by atoms with Crippen molar-refractivity contribution in [3.63, 3.8) is 0 Å². The third-order valence-electron chi connectivity index (χ3n) is 2.97. The van der Waals surface area contributed by atoms with Gasteiger partial charge in [-0.2, -0.15) is 0 Å². The summed E-state index contributed by atoms with van der Waals surface area (Å²) in [6, 6.07) is 15.1. The molecule has 0 spiro atoms. The van der Waals surface area contributed by atoms with Crippen LogP contribution < -0.4 is 5.32 Å². The van der Waals surface area contributed by atoms with Gasteiger partial charge in [-0.15, -0.1) is 0 Å².